The van der Waals surface area contributed by atoms with Gasteiger partial charge in [0.15, 0.2) is 5.82 Å². The number of furan rings is 1. The van der Waals surface area contributed by atoms with E-state index in [-0.39, 0.29) is 0 Å². The summed E-state index contributed by atoms with van der Waals surface area (Å²) in [5.74, 6) is 0.704. The molecule has 0 aliphatic rings. The fraction of sp³-hybridized carbons (Fsp3) is 0. The van der Waals surface area contributed by atoms with Gasteiger partial charge in [-0.25, -0.2) is 9.97 Å². The maximum Gasteiger partial charge on any atom is 0.160 e. The lowest BCUT2D eigenvalue weighted by Gasteiger charge is -2.15. The summed E-state index contributed by atoms with van der Waals surface area (Å²) < 4.78 is 8.80. The summed E-state index contributed by atoms with van der Waals surface area (Å²) in [6.07, 6.45) is 0. The largest absolute Gasteiger partial charge is 0.456 e. The van der Waals surface area contributed by atoms with Crippen molar-refractivity contribution in [1.82, 2.24) is 14.5 Å². The van der Waals surface area contributed by atoms with E-state index in [1.54, 1.807) is 0 Å². The van der Waals surface area contributed by atoms with Gasteiger partial charge in [-0.2, -0.15) is 0 Å². The lowest BCUT2D eigenvalue weighted by atomic mass is 9.90. The lowest BCUT2D eigenvalue weighted by Crippen LogP contribution is -1.96. The van der Waals surface area contributed by atoms with Gasteiger partial charge >= 0.3 is 0 Å². The number of aromatic nitrogens is 3. The van der Waals surface area contributed by atoms with E-state index in [1.807, 2.05) is 48.5 Å². The molecule has 3 heterocycles. The second-order valence-electron chi connectivity index (χ2n) is 14.1. The molecule has 0 saturated carbocycles. The van der Waals surface area contributed by atoms with Crippen LogP contribution in [0, 0.1) is 0 Å². The Kier molecular flexibility index (Phi) is 7.46. The third-order valence-electron chi connectivity index (χ3n) is 10.9. The molecule has 0 atom stereocenters. The highest BCUT2D eigenvalue weighted by atomic mass is 16.3. The van der Waals surface area contributed by atoms with Crippen LogP contribution in [-0.4, -0.2) is 14.5 Å². The van der Waals surface area contributed by atoms with Gasteiger partial charge in [-0.05, 0) is 59.2 Å². The number of hydrogen-bond donors (Lipinski definition) is 0. The van der Waals surface area contributed by atoms with Crippen molar-refractivity contribution in [2.24, 2.45) is 0 Å². The highest BCUT2D eigenvalue weighted by Crippen LogP contribution is 2.44. The molecule has 262 valence electrons. The number of nitrogens with zero attached hydrogens (tertiary/aromatic N) is 3. The summed E-state index contributed by atoms with van der Waals surface area (Å²) in [5.41, 5.74) is 14.6. The average Bonchev–Trinajstić information content (AvgIpc) is 3.83. The molecule has 0 N–H and O–H groups in total. The fourth-order valence-electron chi connectivity index (χ4n) is 8.22. The second-order valence-corrected chi connectivity index (χ2v) is 14.1. The first-order chi connectivity index (χ1) is 27.8. The van der Waals surface area contributed by atoms with Crippen molar-refractivity contribution >= 4 is 43.7 Å². The maximum absolute atomic E-state index is 6.44. The topological polar surface area (TPSA) is 43.9 Å². The Labute approximate surface area is 323 Å². The zero-order valence-electron chi connectivity index (χ0n) is 30.3. The molecule has 3 aromatic heterocycles. The van der Waals surface area contributed by atoms with Gasteiger partial charge in [0.05, 0.1) is 22.4 Å². The molecular weight excluding hydrogens is 683 g/mol. The molecule has 0 amide bonds. The van der Waals surface area contributed by atoms with E-state index in [0.717, 1.165) is 78.0 Å². The summed E-state index contributed by atoms with van der Waals surface area (Å²) in [5, 5.41) is 4.72. The lowest BCUT2D eigenvalue weighted by molar-refractivity contribution is 0.669. The van der Waals surface area contributed by atoms with Crippen LogP contribution in [0.3, 0.4) is 0 Å². The number of rotatable bonds is 6. The van der Waals surface area contributed by atoms with Crippen LogP contribution in [-0.2, 0) is 0 Å². The molecule has 0 bridgehead atoms. The van der Waals surface area contributed by atoms with Gasteiger partial charge in [-0.15, -0.1) is 0 Å². The van der Waals surface area contributed by atoms with E-state index in [4.69, 9.17) is 14.4 Å². The molecule has 0 radical (unpaired) electrons. The van der Waals surface area contributed by atoms with Crippen LogP contribution in [0.1, 0.15) is 0 Å². The molecular formula is C52H33N3O. The van der Waals surface area contributed by atoms with Crippen molar-refractivity contribution in [2.45, 2.75) is 0 Å². The van der Waals surface area contributed by atoms with E-state index in [2.05, 4.69) is 156 Å². The third-order valence-corrected chi connectivity index (χ3v) is 10.9. The van der Waals surface area contributed by atoms with E-state index < -0.39 is 0 Å². The zero-order chi connectivity index (χ0) is 37.0. The highest BCUT2D eigenvalue weighted by Gasteiger charge is 2.19. The van der Waals surface area contributed by atoms with Crippen molar-refractivity contribution in [1.29, 1.82) is 0 Å². The molecule has 4 nitrogen and oxygen atoms in total. The first-order valence-corrected chi connectivity index (χ1v) is 18.9. The standard InChI is InChI=1S/C52H33N3O/c1-3-13-35(14-4-1)44-33-45(54-52(53-44)38-15-5-2-6-16-38)36-25-23-34(24-26-36)40-31-32-49-51(43-19-9-12-22-48(43)56-49)50(40)37-27-29-39(30-28-37)55-46-20-10-7-17-41(46)42-18-8-11-21-47(42)55/h1-33H. The molecule has 0 fully saturated rings. The molecule has 0 aliphatic heterocycles. The second kappa shape index (κ2) is 13.1. The Hall–Kier alpha value is -7.56. The van der Waals surface area contributed by atoms with Crippen LogP contribution in [0.4, 0.5) is 0 Å². The van der Waals surface area contributed by atoms with Crippen molar-refractivity contribution in [3.8, 4) is 61.8 Å². The molecule has 0 spiro atoms. The monoisotopic (exact) mass is 715 g/mol. The summed E-state index contributed by atoms with van der Waals surface area (Å²) in [6, 6.07) is 70.3. The summed E-state index contributed by atoms with van der Waals surface area (Å²) in [7, 11) is 0. The fourth-order valence-corrected chi connectivity index (χ4v) is 8.22. The number of fused-ring (bicyclic) bond motifs is 6. The molecule has 0 aliphatic carbocycles. The third kappa shape index (κ3) is 5.31. The Bertz CT molecular complexity index is 3100. The molecule has 4 heteroatoms. The minimum Gasteiger partial charge on any atom is -0.456 e. The van der Waals surface area contributed by atoms with Gasteiger partial charge in [0, 0.05) is 49.5 Å². The summed E-state index contributed by atoms with van der Waals surface area (Å²) in [4.78, 5) is 10.1. The Morgan fingerprint density at radius 1 is 0.375 bits per heavy atom. The van der Waals surface area contributed by atoms with Gasteiger partial charge in [0.1, 0.15) is 11.2 Å². The Balaban J connectivity index is 1.05. The average molecular weight is 716 g/mol. The van der Waals surface area contributed by atoms with Crippen LogP contribution in [0.5, 0.6) is 0 Å². The van der Waals surface area contributed by atoms with Gasteiger partial charge in [0.25, 0.3) is 0 Å². The zero-order valence-corrected chi connectivity index (χ0v) is 30.3. The molecule has 56 heavy (non-hydrogen) atoms. The normalized spacial score (nSPS) is 11.6. The summed E-state index contributed by atoms with van der Waals surface area (Å²) >= 11 is 0. The van der Waals surface area contributed by atoms with Gasteiger partial charge in [-0.3, -0.25) is 0 Å². The summed E-state index contributed by atoms with van der Waals surface area (Å²) in [6.45, 7) is 0. The molecule has 11 rings (SSSR count). The van der Waals surface area contributed by atoms with Crippen molar-refractivity contribution in [3.63, 3.8) is 0 Å². The molecule has 0 saturated heterocycles. The Morgan fingerprint density at radius 3 is 1.55 bits per heavy atom. The van der Waals surface area contributed by atoms with Crippen LogP contribution in [0.25, 0.3) is 106 Å². The van der Waals surface area contributed by atoms with Crippen LogP contribution >= 0.6 is 0 Å². The van der Waals surface area contributed by atoms with Crippen LogP contribution in [0.2, 0.25) is 0 Å². The molecule has 11 aromatic rings. The van der Waals surface area contributed by atoms with Gasteiger partial charge in [0.2, 0.25) is 0 Å². The predicted molar refractivity (Wildman–Crippen MR) is 231 cm³/mol. The van der Waals surface area contributed by atoms with Crippen molar-refractivity contribution in [3.05, 3.63) is 200 Å². The van der Waals surface area contributed by atoms with Crippen LogP contribution in [0.15, 0.2) is 205 Å². The van der Waals surface area contributed by atoms with Gasteiger partial charge in [-0.1, -0.05) is 158 Å². The predicted octanol–water partition coefficient (Wildman–Crippen LogP) is 13.8. The van der Waals surface area contributed by atoms with E-state index in [0.29, 0.717) is 5.82 Å². The van der Waals surface area contributed by atoms with Crippen molar-refractivity contribution in [2.75, 3.05) is 0 Å². The molecule has 0 unspecified atom stereocenters. The number of hydrogen-bond acceptors (Lipinski definition) is 3. The van der Waals surface area contributed by atoms with E-state index in [9.17, 15) is 0 Å². The Morgan fingerprint density at radius 2 is 0.893 bits per heavy atom. The van der Waals surface area contributed by atoms with E-state index >= 15 is 0 Å². The number of para-hydroxylation sites is 3. The minimum atomic E-state index is 0.704. The smallest absolute Gasteiger partial charge is 0.160 e. The SMILES string of the molecule is c1ccc(-c2cc(-c3ccc(-c4ccc5oc6ccccc6c5c4-c4ccc(-n5c6ccccc6c6ccccc65)cc4)cc3)nc(-c3ccccc3)n2)cc1. The first-order valence-electron chi connectivity index (χ1n) is 18.9. The quantitative estimate of drug-likeness (QED) is 0.172. The maximum atomic E-state index is 6.44. The minimum absolute atomic E-state index is 0.704. The van der Waals surface area contributed by atoms with E-state index in [1.165, 1.54) is 21.8 Å². The first kappa shape index (κ1) is 31.9. The van der Waals surface area contributed by atoms with Crippen LogP contribution < -0.4 is 0 Å². The van der Waals surface area contributed by atoms with Gasteiger partial charge < -0.3 is 8.98 Å². The highest BCUT2D eigenvalue weighted by molar-refractivity contribution is 6.16. The number of benzene rings is 8. The van der Waals surface area contributed by atoms with Crippen molar-refractivity contribution < 1.29 is 4.42 Å². The molecule has 8 aromatic carbocycles.